The highest BCUT2D eigenvalue weighted by atomic mass is 32.2. The van der Waals surface area contributed by atoms with E-state index in [0.29, 0.717) is 0 Å². The van der Waals surface area contributed by atoms with Gasteiger partial charge < -0.3 is 15.3 Å². The average Bonchev–Trinajstić information content (AvgIpc) is 2.70. The van der Waals surface area contributed by atoms with Crippen molar-refractivity contribution in [1.82, 2.24) is 0 Å². The molecule has 0 aliphatic heterocycles. The third kappa shape index (κ3) is 5.25. The minimum absolute atomic E-state index is 0.0514. The normalized spacial score (nSPS) is 15.1. The van der Waals surface area contributed by atoms with Crippen LogP contribution in [0.5, 0.6) is 0 Å². The summed E-state index contributed by atoms with van der Waals surface area (Å²) in [6.07, 6.45) is 3.58. The molecule has 0 saturated heterocycles. The van der Waals surface area contributed by atoms with Crippen molar-refractivity contribution in [3.63, 3.8) is 0 Å². The van der Waals surface area contributed by atoms with Crippen LogP contribution in [-0.2, 0) is 5.75 Å². The summed E-state index contributed by atoms with van der Waals surface area (Å²) in [5.74, 6) is 2.97. The maximum atomic E-state index is 8.95. The number of thioether (sulfide) groups is 1. The van der Waals surface area contributed by atoms with Crippen molar-refractivity contribution in [1.29, 1.82) is 0 Å². The Labute approximate surface area is 95.0 Å². The number of rotatable bonds is 7. The fourth-order valence-corrected chi connectivity index (χ4v) is 2.08. The molecule has 0 saturated carbocycles. The second kappa shape index (κ2) is 6.20. The smallest absolute Gasteiger partial charge is 0.113 e. The molecule has 0 fully saturated rings. The Morgan fingerprint density at radius 1 is 1.60 bits per heavy atom. The Morgan fingerprint density at radius 2 is 2.40 bits per heavy atom. The van der Waals surface area contributed by atoms with Gasteiger partial charge in [0.15, 0.2) is 0 Å². The van der Waals surface area contributed by atoms with Crippen LogP contribution in [0, 0.1) is 0 Å². The molecule has 3 nitrogen and oxygen atoms in total. The number of aliphatic hydroxyl groups excluding tert-OH is 1. The molecule has 1 aromatic heterocycles. The summed E-state index contributed by atoms with van der Waals surface area (Å²) in [4.78, 5) is 0. The van der Waals surface area contributed by atoms with E-state index in [4.69, 9.17) is 15.3 Å². The largest absolute Gasteiger partial charge is 0.468 e. The van der Waals surface area contributed by atoms with Gasteiger partial charge in [-0.05, 0) is 37.7 Å². The first-order valence-corrected chi connectivity index (χ1v) is 6.29. The van der Waals surface area contributed by atoms with Crippen molar-refractivity contribution < 1.29 is 9.52 Å². The summed E-state index contributed by atoms with van der Waals surface area (Å²) in [5.41, 5.74) is 5.39. The molecule has 0 spiro atoms. The maximum Gasteiger partial charge on any atom is 0.113 e. The van der Waals surface area contributed by atoms with E-state index < -0.39 is 5.54 Å². The van der Waals surface area contributed by atoms with Crippen LogP contribution in [0.15, 0.2) is 22.8 Å². The fraction of sp³-hybridized carbons (Fsp3) is 0.636. The molecule has 15 heavy (non-hydrogen) atoms. The summed E-state index contributed by atoms with van der Waals surface area (Å²) < 4.78 is 5.22. The van der Waals surface area contributed by atoms with Crippen LogP contribution in [0.3, 0.4) is 0 Å². The number of aliphatic hydroxyl groups is 1. The Hall–Kier alpha value is -0.450. The lowest BCUT2D eigenvalue weighted by Crippen LogP contribution is -2.40. The molecular weight excluding hydrogens is 210 g/mol. The van der Waals surface area contributed by atoms with Crippen LogP contribution in [0.2, 0.25) is 0 Å². The van der Waals surface area contributed by atoms with Crippen molar-refractivity contribution in [2.75, 3.05) is 12.4 Å². The van der Waals surface area contributed by atoms with Crippen LogP contribution in [0.4, 0.5) is 0 Å². The molecule has 86 valence electrons. The van der Waals surface area contributed by atoms with Gasteiger partial charge in [0, 0.05) is 5.54 Å². The first-order chi connectivity index (χ1) is 7.14. The lowest BCUT2D eigenvalue weighted by molar-refractivity contribution is 0.200. The SMILES string of the molecule is CC(N)(CO)CCCSCc1ccco1. The molecule has 1 rings (SSSR count). The van der Waals surface area contributed by atoms with Crippen LogP contribution < -0.4 is 5.73 Å². The standard InChI is InChI=1S/C11H19NO2S/c1-11(12,9-13)5-3-7-15-8-10-4-2-6-14-10/h2,4,6,13H,3,5,7-9,12H2,1H3. The molecule has 0 bridgehead atoms. The third-order valence-electron chi connectivity index (χ3n) is 2.22. The zero-order valence-electron chi connectivity index (χ0n) is 9.11. The lowest BCUT2D eigenvalue weighted by Gasteiger charge is -2.20. The van der Waals surface area contributed by atoms with Crippen LogP contribution in [-0.4, -0.2) is 23.0 Å². The molecule has 1 unspecified atom stereocenters. The lowest BCUT2D eigenvalue weighted by atomic mass is 9.99. The van der Waals surface area contributed by atoms with E-state index in [0.717, 1.165) is 30.1 Å². The molecule has 1 atom stereocenters. The quantitative estimate of drug-likeness (QED) is 0.702. The minimum atomic E-state index is -0.425. The van der Waals surface area contributed by atoms with Gasteiger partial charge in [-0.15, -0.1) is 0 Å². The predicted molar refractivity (Wildman–Crippen MR) is 63.8 cm³/mol. The van der Waals surface area contributed by atoms with Crippen LogP contribution in [0.25, 0.3) is 0 Å². The zero-order chi connectivity index (χ0) is 11.1. The molecule has 0 aliphatic rings. The minimum Gasteiger partial charge on any atom is -0.468 e. The van der Waals surface area contributed by atoms with Gasteiger partial charge >= 0.3 is 0 Å². The Balaban J connectivity index is 2.03. The molecule has 3 N–H and O–H groups in total. The van der Waals surface area contributed by atoms with E-state index in [9.17, 15) is 0 Å². The number of hydrogen-bond acceptors (Lipinski definition) is 4. The Morgan fingerprint density at radius 3 is 3.00 bits per heavy atom. The van der Waals surface area contributed by atoms with E-state index in [1.165, 1.54) is 0 Å². The van der Waals surface area contributed by atoms with Crippen molar-refractivity contribution in [2.24, 2.45) is 5.73 Å². The molecule has 0 aromatic carbocycles. The topological polar surface area (TPSA) is 59.4 Å². The molecule has 1 heterocycles. The van der Waals surface area contributed by atoms with Crippen molar-refractivity contribution in [2.45, 2.75) is 31.1 Å². The van der Waals surface area contributed by atoms with Crippen LogP contribution >= 0.6 is 11.8 Å². The van der Waals surface area contributed by atoms with E-state index in [2.05, 4.69) is 0 Å². The maximum absolute atomic E-state index is 8.95. The van der Waals surface area contributed by atoms with Gasteiger partial charge in [-0.3, -0.25) is 0 Å². The van der Waals surface area contributed by atoms with E-state index in [-0.39, 0.29) is 6.61 Å². The highest BCUT2D eigenvalue weighted by Gasteiger charge is 2.15. The van der Waals surface area contributed by atoms with E-state index >= 15 is 0 Å². The summed E-state index contributed by atoms with van der Waals surface area (Å²) in [5, 5.41) is 8.95. The highest BCUT2D eigenvalue weighted by molar-refractivity contribution is 7.98. The molecule has 0 radical (unpaired) electrons. The Bertz CT molecular complexity index is 260. The zero-order valence-corrected chi connectivity index (χ0v) is 9.93. The van der Waals surface area contributed by atoms with Crippen molar-refractivity contribution in [3.8, 4) is 0 Å². The van der Waals surface area contributed by atoms with Crippen molar-refractivity contribution >= 4 is 11.8 Å². The monoisotopic (exact) mass is 229 g/mol. The summed E-state index contributed by atoms with van der Waals surface area (Å²) in [6.45, 7) is 1.93. The molecule has 1 aromatic rings. The second-order valence-electron chi connectivity index (χ2n) is 4.05. The van der Waals surface area contributed by atoms with Gasteiger partial charge in [0.05, 0.1) is 18.6 Å². The highest BCUT2D eigenvalue weighted by Crippen LogP contribution is 2.16. The van der Waals surface area contributed by atoms with Gasteiger partial charge in [0.1, 0.15) is 5.76 Å². The van der Waals surface area contributed by atoms with E-state index in [1.54, 1.807) is 6.26 Å². The number of nitrogens with two attached hydrogens (primary N) is 1. The summed E-state index contributed by atoms with van der Waals surface area (Å²) in [6, 6.07) is 3.88. The molecule has 0 aliphatic carbocycles. The van der Waals surface area contributed by atoms with Crippen LogP contribution in [0.1, 0.15) is 25.5 Å². The second-order valence-corrected chi connectivity index (χ2v) is 5.15. The third-order valence-corrected chi connectivity index (χ3v) is 3.29. The Kier molecular flexibility index (Phi) is 5.22. The predicted octanol–water partition coefficient (Wildman–Crippen LogP) is 2.00. The van der Waals surface area contributed by atoms with Gasteiger partial charge in [0.25, 0.3) is 0 Å². The first-order valence-electron chi connectivity index (χ1n) is 5.14. The summed E-state index contributed by atoms with van der Waals surface area (Å²) in [7, 11) is 0. The number of furan rings is 1. The fourth-order valence-electron chi connectivity index (χ4n) is 1.22. The van der Waals surface area contributed by atoms with E-state index in [1.807, 2.05) is 30.8 Å². The molecule has 4 heteroatoms. The molecular formula is C11H19NO2S. The molecule has 0 amide bonds. The van der Waals surface area contributed by atoms with Crippen molar-refractivity contribution in [3.05, 3.63) is 24.2 Å². The summed E-state index contributed by atoms with van der Waals surface area (Å²) >= 11 is 1.83. The van der Waals surface area contributed by atoms with Gasteiger partial charge in [-0.25, -0.2) is 0 Å². The average molecular weight is 229 g/mol. The number of hydrogen-bond donors (Lipinski definition) is 2. The first kappa shape index (κ1) is 12.6. The van der Waals surface area contributed by atoms with Gasteiger partial charge in [0.2, 0.25) is 0 Å². The van der Waals surface area contributed by atoms with Gasteiger partial charge in [-0.1, -0.05) is 0 Å². The van der Waals surface area contributed by atoms with Gasteiger partial charge in [-0.2, -0.15) is 11.8 Å².